The fourth-order valence-corrected chi connectivity index (χ4v) is 3.41. The van der Waals surface area contributed by atoms with Gasteiger partial charge in [0, 0.05) is 11.1 Å². The molecule has 0 atom stereocenters. The van der Waals surface area contributed by atoms with Crippen molar-refractivity contribution in [2.24, 2.45) is 10.2 Å². The molecular formula is C29H38N2O4. The number of azo groups is 1. The van der Waals surface area contributed by atoms with Crippen LogP contribution >= 0.6 is 0 Å². The van der Waals surface area contributed by atoms with Crippen LogP contribution in [0.15, 0.2) is 70.9 Å². The van der Waals surface area contributed by atoms with Gasteiger partial charge in [0.1, 0.15) is 5.75 Å². The molecule has 0 aliphatic heterocycles. The fourth-order valence-electron chi connectivity index (χ4n) is 3.41. The highest BCUT2D eigenvalue weighted by molar-refractivity contribution is 5.94. The van der Waals surface area contributed by atoms with Crippen LogP contribution in [0.5, 0.6) is 5.75 Å². The quantitative estimate of drug-likeness (QED) is 0.0753. The molecule has 0 saturated carbocycles. The maximum atomic E-state index is 11.3. The molecule has 0 aliphatic carbocycles. The SMILES string of the molecule is C=C(C)C(=O)OCCCCCCCCCCCOc1ccc(N=Nc2ccc(C(C)=O)cc2)cc1. The minimum Gasteiger partial charge on any atom is -0.494 e. The second-order valence-electron chi connectivity index (χ2n) is 8.74. The molecule has 0 saturated heterocycles. The van der Waals surface area contributed by atoms with E-state index in [4.69, 9.17) is 9.47 Å². The smallest absolute Gasteiger partial charge is 0.333 e. The first-order chi connectivity index (χ1) is 17.0. The molecule has 6 heteroatoms. The van der Waals surface area contributed by atoms with Crippen molar-refractivity contribution in [1.82, 2.24) is 0 Å². The minimum absolute atomic E-state index is 0.0353. The van der Waals surface area contributed by atoms with Crippen LogP contribution in [0.3, 0.4) is 0 Å². The minimum atomic E-state index is -0.289. The Hall–Kier alpha value is -3.28. The number of ketones is 1. The van der Waals surface area contributed by atoms with Crippen molar-refractivity contribution < 1.29 is 19.1 Å². The Morgan fingerprint density at radius 3 is 1.63 bits per heavy atom. The zero-order valence-electron chi connectivity index (χ0n) is 21.1. The van der Waals surface area contributed by atoms with Crippen LogP contribution in [0.4, 0.5) is 11.4 Å². The van der Waals surface area contributed by atoms with Gasteiger partial charge in [-0.05, 0) is 75.2 Å². The van der Waals surface area contributed by atoms with E-state index in [1.807, 2.05) is 24.3 Å². The molecule has 6 nitrogen and oxygen atoms in total. The van der Waals surface area contributed by atoms with Gasteiger partial charge in [0.2, 0.25) is 0 Å². The summed E-state index contributed by atoms with van der Waals surface area (Å²) in [6.45, 7) is 8.00. The van der Waals surface area contributed by atoms with Crippen LogP contribution in [0.2, 0.25) is 0 Å². The van der Waals surface area contributed by atoms with E-state index in [1.165, 1.54) is 38.5 Å². The van der Waals surface area contributed by atoms with E-state index in [0.717, 1.165) is 30.7 Å². The lowest BCUT2D eigenvalue weighted by Gasteiger charge is -2.06. The monoisotopic (exact) mass is 478 g/mol. The Labute approximate surface area is 209 Å². The molecule has 2 rings (SSSR count). The number of rotatable bonds is 17. The van der Waals surface area contributed by atoms with E-state index in [-0.39, 0.29) is 11.8 Å². The summed E-state index contributed by atoms with van der Waals surface area (Å²) in [4.78, 5) is 22.6. The zero-order valence-corrected chi connectivity index (χ0v) is 21.1. The average Bonchev–Trinajstić information content (AvgIpc) is 2.86. The zero-order chi connectivity index (χ0) is 25.3. The van der Waals surface area contributed by atoms with Crippen molar-refractivity contribution in [3.8, 4) is 5.75 Å². The molecular weight excluding hydrogens is 440 g/mol. The van der Waals surface area contributed by atoms with Gasteiger partial charge in [-0.1, -0.05) is 51.5 Å². The molecule has 2 aromatic carbocycles. The van der Waals surface area contributed by atoms with E-state index in [0.29, 0.717) is 30.0 Å². The molecule has 0 aliphatic rings. The molecule has 2 aromatic rings. The maximum absolute atomic E-state index is 11.3. The number of esters is 1. The highest BCUT2D eigenvalue weighted by Gasteiger charge is 2.02. The normalized spacial score (nSPS) is 10.9. The van der Waals surface area contributed by atoms with Crippen LogP contribution in [0, 0.1) is 0 Å². The van der Waals surface area contributed by atoms with Crippen molar-refractivity contribution in [2.75, 3.05) is 13.2 Å². The third-order valence-corrected chi connectivity index (χ3v) is 5.53. The van der Waals surface area contributed by atoms with E-state index < -0.39 is 0 Å². The van der Waals surface area contributed by atoms with Crippen molar-refractivity contribution in [3.63, 3.8) is 0 Å². The predicted molar refractivity (Wildman–Crippen MR) is 140 cm³/mol. The van der Waals surface area contributed by atoms with Crippen LogP contribution in [-0.4, -0.2) is 25.0 Å². The Morgan fingerprint density at radius 2 is 1.14 bits per heavy atom. The van der Waals surface area contributed by atoms with E-state index in [9.17, 15) is 9.59 Å². The molecule has 0 heterocycles. The second-order valence-corrected chi connectivity index (χ2v) is 8.74. The summed E-state index contributed by atoms with van der Waals surface area (Å²) in [7, 11) is 0. The van der Waals surface area contributed by atoms with E-state index in [1.54, 1.807) is 38.1 Å². The molecule has 0 amide bonds. The van der Waals surface area contributed by atoms with Gasteiger partial charge in [0.15, 0.2) is 5.78 Å². The first-order valence-electron chi connectivity index (χ1n) is 12.5. The Balaban J connectivity index is 1.48. The number of carbonyl (C=O) groups is 2. The number of Topliss-reactive ketones (excluding diaryl/α,β-unsaturated/α-hetero) is 1. The summed E-state index contributed by atoms with van der Waals surface area (Å²) in [5.74, 6) is 0.583. The van der Waals surface area contributed by atoms with Crippen LogP contribution in [-0.2, 0) is 9.53 Å². The Morgan fingerprint density at radius 1 is 0.686 bits per heavy atom. The highest BCUT2D eigenvalue weighted by atomic mass is 16.5. The summed E-state index contributed by atoms with van der Waals surface area (Å²) in [6, 6.07) is 14.7. The third kappa shape index (κ3) is 12.1. The molecule has 0 unspecified atom stereocenters. The van der Waals surface area contributed by atoms with Gasteiger partial charge in [-0.3, -0.25) is 4.79 Å². The average molecular weight is 479 g/mol. The van der Waals surface area contributed by atoms with Gasteiger partial charge in [-0.15, -0.1) is 0 Å². The number of hydrogen-bond donors (Lipinski definition) is 0. The highest BCUT2D eigenvalue weighted by Crippen LogP contribution is 2.22. The second kappa shape index (κ2) is 16.4. The topological polar surface area (TPSA) is 77.3 Å². The summed E-state index contributed by atoms with van der Waals surface area (Å²) in [5, 5.41) is 8.44. The molecule has 0 radical (unpaired) electrons. The largest absolute Gasteiger partial charge is 0.494 e. The van der Waals surface area contributed by atoms with Gasteiger partial charge >= 0.3 is 5.97 Å². The van der Waals surface area contributed by atoms with Crippen LogP contribution < -0.4 is 4.74 Å². The predicted octanol–water partition coefficient (Wildman–Crippen LogP) is 8.31. The van der Waals surface area contributed by atoms with E-state index >= 15 is 0 Å². The molecule has 188 valence electrons. The molecule has 35 heavy (non-hydrogen) atoms. The van der Waals surface area contributed by atoms with Crippen LogP contribution in [0.1, 0.15) is 82.0 Å². The Bertz CT molecular complexity index is 950. The number of hydrogen-bond acceptors (Lipinski definition) is 6. The summed E-state index contributed by atoms with van der Waals surface area (Å²) in [6.07, 6.45) is 10.4. The standard InChI is InChI=1S/C29H38N2O4/c1-23(2)29(33)35-22-12-10-8-6-4-5-7-9-11-21-34-28-19-17-27(18-20-28)31-30-26-15-13-25(14-16-26)24(3)32/h13-20H,1,4-12,21-22H2,2-3H3. The van der Waals surface area contributed by atoms with Gasteiger partial charge in [-0.25, -0.2) is 4.79 Å². The first kappa shape index (κ1) is 28.0. The lowest BCUT2D eigenvalue weighted by molar-refractivity contribution is -0.139. The molecule has 0 aromatic heterocycles. The van der Waals surface area contributed by atoms with Gasteiger partial charge < -0.3 is 9.47 Å². The molecule has 0 bridgehead atoms. The van der Waals surface area contributed by atoms with Gasteiger partial charge in [-0.2, -0.15) is 10.2 Å². The van der Waals surface area contributed by atoms with E-state index in [2.05, 4.69) is 16.8 Å². The number of nitrogens with zero attached hydrogens (tertiary/aromatic N) is 2. The fraction of sp³-hybridized carbons (Fsp3) is 0.448. The maximum Gasteiger partial charge on any atom is 0.333 e. The lowest BCUT2D eigenvalue weighted by Crippen LogP contribution is -2.05. The van der Waals surface area contributed by atoms with Crippen LogP contribution in [0.25, 0.3) is 0 Å². The van der Waals surface area contributed by atoms with Crippen molar-refractivity contribution in [3.05, 3.63) is 66.2 Å². The molecule has 0 fully saturated rings. The third-order valence-electron chi connectivity index (χ3n) is 5.53. The lowest BCUT2D eigenvalue weighted by atomic mass is 10.1. The first-order valence-corrected chi connectivity index (χ1v) is 12.5. The summed E-state index contributed by atoms with van der Waals surface area (Å²) < 4.78 is 10.9. The number of benzene rings is 2. The van der Waals surface area contributed by atoms with Gasteiger partial charge in [0.25, 0.3) is 0 Å². The molecule has 0 spiro atoms. The van der Waals surface area contributed by atoms with Crippen molar-refractivity contribution in [1.29, 1.82) is 0 Å². The summed E-state index contributed by atoms with van der Waals surface area (Å²) in [5.41, 5.74) is 2.58. The van der Waals surface area contributed by atoms with Gasteiger partial charge in [0.05, 0.1) is 24.6 Å². The summed E-state index contributed by atoms with van der Waals surface area (Å²) >= 11 is 0. The van der Waals surface area contributed by atoms with Crippen molar-refractivity contribution in [2.45, 2.75) is 71.6 Å². The molecule has 0 N–H and O–H groups in total. The number of carbonyl (C=O) groups excluding carboxylic acids is 2. The van der Waals surface area contributed by atoms with Crippen molar-refractivity contribution >= 4 is 23.1 Å². The Kier molecular flexibility index (Phi) is 13.1. The number of ether oxygens (including phenoxy) is 2. The number of unbranched alkanes of at least 4 members (excludes halogenated alkanes) is 8.